The highest BCUT2D eigenvalue weighted by molar-refractivity contribution is 5.92. The normalized spacial score (nSPS) is 24.8. The molecular weight excluding hydrogens is 346 g/mol. The Hall–Kier alpha value is -1.89. The van der Waals surface area contributed by atoms with Gasteiger partial charge in [0.2, 0.25) is 5.91 Å². The maximum absolute atomic E-state index is 12.8. The first kappa shape index (κ1) is 18.5. The monoisotopic (exact) mass is 375 g/mol. The summed E-state index contributed by atoms with van der Waals surface area (Å²) in [5.74, 6) is 1.34. The minimum atomic E-state index is -0.0943. The quantitative estimate of drug-likeness (QED) is 0.762. The van der Waals surface area contributed by atoms with E-state index in [-0.39, 0.29) is 23.1 Å². The molecule has 0 radical (unpaired) electrons. The number of aromatic nitrogens is 1. The zero-order valence-corrected chi connectivity index (χ0v) is 16.3. The highest BCUT2D eigenvalue weighted by Gasteiger charge is 2.53. The van der Waals surface area contributed by atoms with Gasteiger partial charge in [0.25, 0.3) is 5.91 Å². The molecule has 3 aliphatic rings. The molecule has 148 valence electrons. The Bertz CT molecular complexity index is 704. The van der Waals surface area contributed by atoms with Crippen LogP contribution in [0.4, 0.5) is 0 Å². The van der Waals surface area contributed by atoms with Gasteiger partial charge in [-0.1, -0.05) is 5.16 Å². The molecule has 0 aromatic carbocycles. The van der Waals surface area contributed by atoms with Crippen molar-refractivity contribution in [1.82, 2.24) is 15.0 Å². The van der Waals surface area contributed by atoms with E-state index in [9.17, 15) is 9.59 Å². The van der Waals surface area contributed by atoms with E-state index >= 15 is 0 Å². The summed E-state index contributed by atoms with van der Waals surface area (Å²) in [6.45, 7) is 7.89. The van der Waals surface area contributed by atoms with Crippen molar-refractivity contribution in [3.05, 3.63) is 17.5 Å². The molecule has 2 aliphatic heterocycles. The van der Waals surface area contributed by atoms with E-state index in [0.717, 1.165) is 44.5 Å². The maximum atomic E-state index is 12.8. The van der Waals surface area contributed by atoms with Crippen LogP contribution in [-0.4, -0.2) is 66.2 Å². The molecule has 1 saturated carbocycles. The van der Waals surface area contributed by atoms with E-state index in [1.807, 2.05) is 23.6 Å². The first-order chi connectivity index (χ1) is 13.1. The molecule has 7 heteroatoms. The summed E-state index contributed by atoms with van der Waals surface area (Å²) >= 11 is 0. The molecule has 7 nitrogen and oxygen atoms in total. The van der Waals surface area contributed by atoms with Crippen LogP contribution in [0.5, 0.6) is 0 Å². The number of nitrogens with zero attached hydrogens (tertiary/aromatic N) is 3. The van der Waals surface area contributed by atoms with Crippen LogP contribution < -0.4 is 0 Å². The van der Waals surface area contributed by atoms with Crippen LogP contribution in [0.1, 0.15) is 61.7 Å². The van der Waals surface area contributed by atoms with Crippen molar-refractivity contribution in [2.24, 2.45) is 11.3 Å². The number of rotatable bonds is 6. The molecule has 1 aromatic heterocycles. The van der Waals surface area contributed by atoms with Gasteiger partial charge in [-0.25, -0.2) is 0 Å². The van der Waals surface area contributed by atoms with Gasteiger partial charge in [0, 0.05) is 50.2 Å². The fraction of sp³-hybridized carbons (Fsp3) is 0.750. The molecule has 4 rings (SSSR count). The number of hydrogen-bond acceptors (Lipinski definition) is 5. The van der Waals surface area contributed by atoms with Crippen LogP contribution >= 0.6 is 0 Å². The Morgan fingerprint density at radius 1 is 1.33 bits per heavy atom. The summed E-state index contributed by atoms with van der Waals surface area (Å²) < 4.78 is 11.0. The molecule has 3 fully saturated rings. The zero-order chi connectivity index (χ0) is 19.0. The fourth-order valence-electron chi connectivity index (χ4n) is 4.58. The molecule has 2 amide bonds. The summed E-state index contributed by atoms with van der Waals surface area (Å²) in [5.41, 5.74) is 0.332. The van der Waals surface area contributed by atoms with Gasteiger partial charge < -0.3 is 19.1 Å². The van der Waals surface area contributed by atoms with E-state index in [2.05, 4.69) is 5.16 Å². The predicted octanol–water partition coefficient (Wildman–Crippen LogP) is 2.29. The topological polar surface area (TPSA) is 75.9 Å². The molecule has 1 unspecified atom stereocenters. The molecule has 0 bridgehead atoms. The Morgan fingerprint density at radius 2 is 2.07 bits per heavy atom. The van der Waals surface area contributed by atoms with Crippen molar-refractivity contribution >= 4 is 11.8 Å². The molecule has 2 saturated heterocycles. The summed E-state index contributed by atoms with van der Waals surface area (Å²) in [5, 5.41) is 3.99. The van der Waals surface area contributed by atoms with Crippen molar-refractivity contribution in [3.63, 3.8) is 0 Å². The van der Waals surface area contributed by atoms with Crippen molar-refractivity contribution in [3.8, 4) is 0 Å². The number of piperidine rings is 1. The second-order valence-electron chi connectivity index (χ2n) is 8.11. The number of hydrogen-bond donors (Lipinski definition) is 0. The van der Waals surface area contributed by atoms with Crippen LogP contribution in [-0.2, 0) is 9.53 Å². The van der Waals surface area contributed by atoms with Gasteiger partial charge in [-0.15, -0.1) is 0 Å². The average molecular weight is 375 g/mol. The van der Waals surface area contributed by atoms with E-state index in [1.165, 1.54) is 0 Å². The fourth-order valence-corrected chi connectivity index (χ4v) is 4.58. The van der Waals surface area contributed by atoms with Crippen molar-refractivity contribution in [1.29, 1.82) is 0 Å². The largest absolute Gasteiger partial charge is 0.381 e. The Kier molecular flexibility index (Phi) is 4.97. The van der Waals surface area contributed by atoms with Gasteiger partial charge in [0.1, 0.15) is 5.76 Å². The summed E-state index contributed by atoms with van der Waals surface area (Å²) in [6, 6.07) is 1.81. The van der Waals surface area contributed by atoms with Crippen LogP contribution in [0, 0.1) is 11.3 Å². The Labute approximate surface area is 160 Å². The number of amides is 2. The first-order valence-corrected chi connectivity index (χ1v) is 10.2. The van der Waals surface area contributed by atoms with E-state index in [1.54, 1.807) is 6.07 Å². The van der Waals surface area contributed by atoms with Gasteiger partial charge >= 0.3 is 0 Å². The Balaban J connectivity index is 1.43. The highest BCUT2D eigenvalue weighted by Crippen LogP contribution is 2.46. The summed E-state index contributed by atoms with van der Waals surface area (Å²) in [6.07, 6.45) is 3.90. The van der Waals surface area contributed by atoms with Crippen LogP contribution in [0.25, 0.3) is 0 Å². The minimum Gasteiger partial charge on any atom is -0.381 e. The Morgan fingerprint density at radius 3 is 2.70 bits per heavy atom. The molecule has 27 heavy (non-hydrogen) atoms. The van der Waals surface area contributed by atoms with Gasteiger partial charge in [-0.3, -0.25) is 9.59 Å². The lowest BCUT2D eigenvalue weighted by Crippen LogP contribution is -2.47. The van der Waals surface area contributed by atoms with Gasteiger partial charge in [-0.05, 0) is 39.5 Å². The molecule has 1 atom stereocenters. The average Bonchev–Trinajstić information content (AvgIpc) is 3.36. The van der Waals surface area contributed by atoms with Crippen molar-refractivity contribution in [2.75, 3.05) is 39.4 Å². The lowest BCUT2D eigenvalue weighted by Gasteiger charge is -2.41. The molecule has 3 heterocycles. The van der Waals surface area contributed by atoms with E-state index < -0.39 is 0 Å². The van der Waals surface area contributed by atoms with Gasteiger partial charge in [0.05, 0.1) is 12.5 Å². The molecule has 0 N–H and O–H groups in total. The third-order valence-electron chi connectivity index (χ3n) is 6.50. The minimum absolute atomic E-state index is 0.0569. The van der Waals surface area contributed by atoms with Crippen LogP contribution in [0.2, 0.25) is 0 Å². The number of likely N-dealkylation sites (tertiary alicyclic amines) is 2. The smallest absolute Gasteiger partial charge is 0.276 e. The van der Waals surface area contributed by atoms with E-state index in [4.69, 9.17) is 9.26 Å². The number of carbonyl (C=O) groups is 2. The second-order valence-corrected chi connectivity index (χ2v) is 8.11. The first-order valence-electron chi connectivity index (χ1n) is 10.2. The molecular formula is C20H29N3O4. The van der Waals surface area contributed by atoms with Gasteiger partial charge in [0.15, 0.2) is 5.69 Å². The second kappa shape index (κ2) is 7.26. The maximum Gasteiger partial charge on any atom is 0.276 e. The summed E-state index contributed by atoms with van der Waals surface area (Å²) in [7, 11) is 0. The molecule has 1 aromatic rings. The SMILES string of the molecule is CCOCC1C(=O)N(CC)CC12CCN(C(=O)c1cc(C3CC3)on1)CC2. The molecule has 1 spiro atoms. The standard InChI is InChI=1S/C20H29N3O4/c1-3-22-13-20(15(18(22)24)12-26-4-2)7-9-23(10-8-20)19(25)16-11-17(27-21-16)14-5-6-14/h11,14-15H,3-10,12-13H2,1-2H3. The lowest BCUT2D eigenvalue weighted by atomic mass is 9.71. The van der Waals surface area contributed by atoms with Crippen LogP contribution in [0.15, 0.2) is 10.6 Å². The van der Waals surface area contributed by atoms with Crippen molar-refractivity contribution < 1.29 is 18.8 Å². The molecule has 1 aliphatic carbocycles. The lowest BCUT2D eigenvalue weighted by molar-refractivity contribution is -0.133. The summed E-state index contributed by atoms with van der Waals surface area (Å²) in [4.78, 5) is 29.4. The third kappa shape index (κ3) is 3.37. The van der Waals surface area contributed by atoms with Gasteiger partial charge in [-0.2, -0.15) is 0 Å². The highest BCUT2D eigenvalue weighted by atomic mass is 16.5. The number of carbonyl (C=O) groups excluding carboxylic acids is 2. The predicted molar refractivity (Wildman–Crippen MR) is 98.3 cm³/mol. The third-order valence-corrected chi connectivity index (χ3v) is 6.50. The van der Waals surface area contributed by atoms with Crippen LogP contribution in [0.3, 0.4) is 0 Å². The zero-order valence-electron chi connectivity index (χ0n) is 16.3. The van der Waals surface area contributed by atoms with E-state index in [0.29, 0.717) is 37.9 Å². The number of ether oxygens (including phenoxy) is 1. The van der Waals surface area contributed by atoms with Crippen molar-refractivity contribution in [2.45, 2.75) is 45.4 Å².